The molecule has 5 nitrogen and oxygen atoms in total. The summed E-state index contributed by atoms with van der Waals surface area (Å²) in [6, 6.07) is 9.19. The van der Waals surface area contributed by atoms with Gasteiger partial charge in [-0.05, 0) is 31.0 Å². The second-order valence-corrected chi connectivity index (χ2v) is 4.43. The first-order valence-corrected chi connectivity index (χ1v) is 6.83. The van der Waals surface area contributed by atoms with E-state index in [1.165, 1.54) is 12.3 Å². The lowest BCUT2D eigenvalue weighted by molar-refractivity contribution is 0.0527. The van der Waals surface area contributed by atoms with Crippen LogP contribution >= 0.6 is 0 Å². The van der Waals surface area contributed by atoms with E-state index in [1.54, 1.807) is 6.92 Å². The highest BCUT2D eigenvalue weighted by Gasteiger charge is 2.13. The van der Waals surface area contributed by atoms with Crippen molar-refractivity contribution in [2.45, 2.75) is 20.3 Å². The van der Waals surface area contributed by atoms with Gasteiger partial charge in [0.25, 0.3) is 0 Å². The number of carbonyl (C=O) groups is 1. The van der Waals surface area contributed by atoms with Gasteiger partial charge in [-0.3, -0.25) is 0 Å². The molecule has 0 amide bonds. The van der Waals surface area contributed by atoms with Gasteiger partial charge in [0, 0.05) is 6.07 Å². The number of benzene rings is 1. The summed E-state index contributed by atoms with van der Waals surface area (Å²) in [5.74, 6) is 0.492. The number of esters is 1. The van der Waals surface area contributed by atoms with E-state index in [-0.39, 0.29) is 17.9 Å². The van der Waals surface area contributed by atoms with Crippen molar-refractivity contribution in [3.8, 4) is 11.6 Å². The molecule has 0 saturated carbocycles. The molecule has 0 bridgehead atoms. The molecule has 0 aliphatic rings. The van der Waals surface area contributed by atoms with Crippen molar-refractivity contribution in [1.82, 2.24) is 4.98 Å². The number of ether oxygens (including phenoxy) is 2. The van der Waals surface area contributed by atoms with Crippen LogP contribution in [-0.2, 0) is 11.2 Å². The van der Waals surface area contributed by atoms with Gasteiger partial charge in [0.05, 0.1) is 24.1 Å². The van der Waals surface area contributed by atoms with Crippen LogP contribution in [0, 0.1) is 0 Å². The summed E-state index contributed by atoms with van der Waals surface area (Å²) in [5.41, 5.74) is 7.43. The molecule has 2 rings (SSSR count). The zero-order valence-corrected chi connectivity index (χ0v) is 12.1. The van der Waals surface area contributed by atoms with Crippen molar-refractivity contribution in [2.24, 2.45) is 0 Å². The maximum absolute atomic E-state index is 11.8. The summed E-state index contributed by atoms with van der Waals surface area (Å²) >= 11 is 0. The van der Waals surface area contributed by atoms with Gasteiger partial charge in [-0.2, -0.15) is 0 Å². The van der Waals surface area contributed by atoms with Crippen molar-refractivity contribution in [1.29, 1.82) is 0 Å². The Morgan fingerprint density at radius 2 is 2.10 bits per heavy atom. The van der Waals surface area contributed by atoms with E-state index < -0.39 is 5.97 Å². The van der Waals surface area contributed by atoms with Gasteiger partial charge in [-0.25, -0.2) is 9.78 Å². The van der Waals surface area contributed by atoms with Crippen LogP contribution in [0.2, 0.25) is 0 Å². The second-order valence-electron chi connectivity index (χ2n) is 4.43. The van der Waals surface area contributed by atoms with Gasteiger partial charge >= 0.3 is 5.97 Å². The second kappa shape index (κ2) is 6.74. The molecule has 0 saturated heterocycles. The lowest BCUT2D eigenvalue weighted by Crippen LogP contribution is -2.08. The average molecular weight is 286 g/mol. The molecule has 2 aromatic rings. The third-order valence-electron chi connectivity index (χ3n) is 2.93. The Hall–Kier alpha value is -2.56. The van der Waals surface area contributed by atoms with Crippen molar-refractivity contribution in [2.75, 3.05) is 12.3 Å². The summed E-state index contributed by atoms with van der Waals surface area (Å²) in [4.78, 5) is 15.9. The number of rotatable bonds is 5. The lowest BCUT2D eigenvalue weighted by atomic mass is 10.2. The quantitative estimate of drug-likeness (QED) is 0.854. The van der Waals surface area contributed by atoms with E-state index in [9.17, 15) is 4.79 Å². The summed E-state index contributed by atoms with van der Waals surface area (Å²) in [6.07, 6.45) is 2.31. The number of aryl methyl sites for hydroxylation is 1. The minimum Gasteiger partial charge on any atom is -0.462 e. The number of pyridine rings is 1. The third-order valence-corrected chi connectivity index (χ3v) is 2.93. The first-order chi connectivity index (χ1) is 10.1. The molecule has 0 atom stereocenters. The zero-order chi connectivity index (χ0) is 15.2. The van der Waals surface area contributed by atoms with Gasteiger partial charge in [0.1, 0.15) is 5.75 Å². The summed E-state index contributed by atoms with van der Waals surface area (Å²) in [7, 11) is 0. The standard InChI is InChI=1S/C16H18N2O3/c1-3-11-6-5-7-12(8-11)21-15-9-13(14(17)10-18-15)16(19)20-4-2/h5-10H,3-4,17H2,1-2H3. The topological polar surface area (TPSA) is 74.4 Å². The van der Waals surface area contributed by atoms with Crippen molar-refractivity contribution < 1.29 is 14.3 Å². The Labute approximate surface area is 123 Å². The van der Waals surface area contributed by atoms with Crippen LogP contribution in [0.15, 0.2) is 36.5 Å². The van der Waals surface area contributed by atoms with Crippen molar-refractivity contribution in [3.63, 3.8) is 0 Å². The number of nitrogen functional groups attached to an aromatic ring is 1. The van der Waals surface area contributed by atoms with E-state index >= 15 is 0 Å². The maximum Gasteiger partial charge on any atom is 0.340 e. The molecule has 110 valence electrons. The number of nitrogens with zero attached hydrogens (tertiary/aromatic N) is 1. The van der Waals surface area contributed by atoms with Crippen LogP contribution in [-0.4, -0.2) is 17.6 Å². The SMILES string of the molecule is CCOC(=O)c1cc(Oc2cccc(CC)c2)ncc1N. The van der Waals surface area contributed by atoms with E-state index in [1.807, 2.05) is 24.3 Å². The minimum absolute atomic E-state index is 0.258. The molecule has 0 radical (unpaired) electrons. The van der Waals surface area contributed by atoms with Crippen LogP contribution in [0.3, 0.4) is 0 Å². The number of anilines is 1. The number of nitrogens with two attached hydrogens (primary N) is 1. The predicted molar refractivity (Wildman–Crippen MR) is 80.5 cm³/mol. The monoisotopic (exact) mass is 286 g/mol. The summed E-state index contributed by atoms with van der Waals surface area (Å²) < 4.78 is 10.6. The Kier molecular flexibility index (Phi) is 4.77. The Morgan fingerprint density at radius 3 is 2.81 bits per heavy atom. The molecule has 21 heavy (non-hydrogen) atoms. The van der Waals surface area contributed by atoms with Gasteiger partial charge in [0.2, 0.25) is 5.88 Å². The van der Waals surface area contributed by atoms with Gasteiger partial charge in [-0.1, -0.05) is 19.1 Å². The number of hydrogen-bond donors (Lipinski definition) is 1. The van der Waals surface area contributed by atoms with Crippen molar-refractivity contribution >= 4 is 11.7 Å². The third kappa shape index (κ3) is 3.72. The summed E-state index contributed by atoms with van der Waals surface area (Å²) in [6.45, 7) is 4.09. The van der Waals surface area contributed by atoms with E-state index in [0.29, 0.717) is 11.6 Å². The molecule has 0 fully saturated rings. The average Bonchev–Trinajstić information content (AvgIpc) is 2.49. The fourth-order valence-electron chi connectivity index (χ4n) is 1.84. The van der Waals surface area contributed by atoms with Crippen LogP contribution in [0.5, 0.6) is 11.6 Å². The van der Waals surface area contributed by atoms with Crippen LogP contribution in [0.25, 0.3) is 0 Å². The lowest BCUT2D eigenvalue weighted by Gasteiger charge is -2.09. The molecule has 1 aromatic heterocycles. The van der Waals surface area contributed by atoms with E-state index in [2.05, 4.69) is 11.9 Å². The number of hydrogen-bond acceptors (Lipinski definition) is 5. The molecule has 2 N–H and O–H groups in total. The molecule has 1 aromatic carbocycles. The van der Waals surface area contributed by atoms with E-state index in [4.69, 9.17) is 15.2 Å². The Morgan fingerprint density at radius 1 is 1.29 bits per heavy atom. The van der Waals surface area contributed by atoms with Crippen LogP contribution in [0.1, 0.15) is 29.8 Å². The molecule has 1 heterocycles. The van der Waals surface area contributed by atoms with Gasteiger partial charge < -0.3 is 15.2 Å². The smallest absolute Gasteiger partial charge is 0.340 e. The fraction of sp³-hybridized carbons (Fsp3) is 0.250. The largest absolute Gasteiger partial charge is 0.462 e. The number of carbonyl (C=O) groups excluding carboxylic acids is 1. The highest BCUT2D eigenvalue weighted by atomic mass is 16.5. The molecule has 0 aliphatic carbocycles. The Bertz CT molecular complexity index is 641. The van der Waals surface area contributed by atoms with Gasteiger partial charge in [0.15, 0.2) is 0 Å². The van der Waals surface area contributed by atoms with E-state index in [0.717, 1.165) is 12.0 Å². The molecule has 0 unspecified atom stereocenters. The minimum atomic E-state index is -0.482. The van der Waals surface area contributed by atoms with Crippen LogP contribution in [0.4, 0.5) is 5.69 Å². The number of aromatic nitrogens is 1. The molecule has 0 spiro atoms. The highest BCUT2D eigenvalue weighted by Crippen LogP contribution is 2.24. The maximum atomic E-state index is 11.8. The molecular weight excluding hydrogens is 268 g/mol. The predicted octanol–water partition coefficient (Wildman–Crippen LogP) is 3.20. The van der Waals surface area contributed by atoms with Crippen LogP contribution < -0.4 is 10.5 Å². The molecule has 0 aliphatic heterocycles. The Balaban J connectivity index is 2.24. The first kappa shape index (κ1) is 14.8. The first-order valence-electron chi connectivity index (χ1n) is 6.83. The normalized spacial score (nSPS) is 10.2. The zero-order valence-electron chi connectivity index (χ0n) is 12.1. The highest BCUT2D eigenvalue weighted by molar-refractivity contribution is 5.95. The fourth-order valence-corrected chi connectivity index (χ4v) is 1.84. The summed E-state index contributed by atoms with van der Waals surface area (Å²) in [5, 5.41) is 0. The molecular formula is C16H18N2O3. The molecule has 5 heteroatoms. The van der Waals surface area contributed by atoms with Crippen molar-refractivity contribution in [3.05, 3.63) is 47.7 Å². The van der Waals surface area contributed by atoms with Gasteiger partial charge in [-0.15, -0.1) is 0 Å².